The summed E-state index contributed by atoms with van der Waals surface area (Å²) in [6.07, 6.45) is 3.39. The number of para-hydroxylation sites is 1. The second-order valence-electron chi connectivity index (χ2n) is 5.72. The van der Waals surface area contributed by atoms with Gasteiger partial charge in [0, 0.05) is 12.1 Å². The van der Waals surface area contributed by atoms with Crippen LogP contribution in [-0.4, -0.2) is 17.0 Å². The van der Waals surface area contributed by atoms with E-state index >= 15 is 0 Å². The fourth-order valence-corrected chi connectivity index (χ4v) is 1.96. The van der Waals surface area contributed by atoms with Crippen molar-refractivity contribution >= 4 is 0 Å². The number of hydrogen-bond acceptors (Lipinski definition) is 4. The van der Waals surface area contributed by atoms with Crippen LogP contribution in [0.25, 0.3) is 0 Å². The molecule has 0 saturated carbocycles. The van der Waals surface area contributed by atoms with Gasteiger partial charge in [-0.25, -0.2) is 4.98 Å². The third-order valence-corrected chi connectivity index (χ3v) is 2.95. The average Bonchev–Trinajstić information content (AvgIpc) is 2.41. The first-order chi connectivity index (χ1) is 9.50. The van der Waals surface area contributed by atoms with Gasteiger partial charge in [-0.1, -0.05) is 39.0 Å². The zero-order chi connectivity index (χ0) is 14.6. The molecule has 1 heterocycles. The van der Waals surface area contributed by atoms with Crippen molar-refractivity contribution in [3.63, 3.8) is 0 Å². The van der Waals surface area contributed by atoms with Crippen LogP contribution in [0.4, 0.5) is 0 Å². The Labute approximate surface area is 120 Å². The van der Waals surface area contributed by atoms with Gasteiger partial charge in [-0.05, 0) is 18.5 Å². The zero-order valence-corrected chi connectivity index (χ0v) is 12.5. The molecule has 2 rings (SSSR count). The Morgan fingerprint density at radius 2 is 1.85 bits per heavy atom. The standard InChI is InChI=1S/C16H21N3O/c1-16(2,3)13-7-5-6-8-14(13)20-15-11-18-12(9-17-4)10-19-15/h5-8,10-11,17H,9H2,1-4H3. The summed E-state index contributed by atoms with van der Waals surface area (Å²) in [4.78, 5) is 8.60. The molecule has 0 spiro atoms. The van der Waals surface area contributed by atoms with E-state index in [1.54, 1.807) is 12.4 Å². The molecule has 4 nitrogen and oxygen atoms in total. The highest BCUT2D eigenvalue weighted by atomic mass is 16.5. The summed E-state index contributed by atoms with van der Waals surface area (Å²) in [6, 6.07) is 8.03. The quantitative estimate of drug-likeness (QED) is 0.927. The van der Waals surface area contributed by atoms with E-state index in [1.807, 2.05) is 25.2 Å². The van der Waals surface area contributed by atoms with Gasteiger partial charge in [-0.3, -0.25) is 4.98 Å². The average molecular weight is 271 g/mol. The van der Waals surface area contributed by atoms with E-state index in [1.165, 1.54) is 0 Å². The lowest BCUT2D eigenvalue weighted by atomic mass is 9.86. The first-order valence-corrected chi connectivity index (χ1v) is 6.73. The summed E-state index contributed by atoms with van der Waals surface area (Å²) in [6.45, 7) is 7.19. The lowest BCUT2D eigenvalue weighted by Gasteiger charge is -2.22. The zero-order valence-electron chi connectivity index (χ0n) is 12.5. The number of nitrogens with one attached hydrogen (secondary N) is 1. The molecule has 20 heavy (non-hydrogen) atoms. The highest BCUT2D eigenvalue weighted by molar-refractivity contribution is 5.40. The van der Waals surface area contributed by atoms with Gasteiger partial charge in [0.2, 0.25) is 5.88 Å². The molecule has 0 atom stereocenters. The molecule has 0 radical (unpaired) electrons. The van der Waals surface area contributed by atoms with E-state index in [-0.39, 0.29) is 5.41 Å². The normalized spacial score (nSPS) is 11.4. The van der Waals surface area contributed by atoms with Crippen LogP contribution < -0.4 is 10.1 Å². The second-order valence-corrected chi connectivity index (χ2v) is 5.72. The van der Waals surface area contributed by atoms with Gasteiger partial charge in [-0.2, -0.15) is 0 Å². The summed E-state index contributed by atoms with van der Waals surface area (Å²) in [7, 11) is 1.88. The summed E-state index contributed by atoms with van der Waals surface area (Å²) in [5.41, 5.74) is 2.07. The molecule has 1 aromatic heterocycles. The molecular formula is C16H21N3O. The summed E-state index contributed by atoms with van der Waals surface area (Å²) < 4.78 is 5.88. The van der Waals surface area contributed by atoms with Gasteiger partial charge in [-0.15, -0.1) is 0 Å². The molecule has 0 aliphatic carbocycles. The number of rotatable bonds is 4. The molecule has 0 aliphatic heterocycles. The van der Waals surface area contributed by atoms with Gasteiger partial charge < -0.3 is 10.1 Å². The smallest absolute Gasteiger partial charge is 0.237 e. The Bertz CT molecular complexity index is 559. The Morgan fingerprint density at radius 3 is 2.45 bits per heavy atom. The number of ether oxygens (including phenoxy) is 1. The van der Waals surface area contributed by atoms with Gasteiger partial charge in [0.25, 0.3) is 0 Å². The van der Waals surface area contributed by atoms with Gasteiger partial charge >= 0.3 is 0 Å². The van der Waals surface area contributed by atoms with Crippen molar-refractivity contribution in [1.82, 2.24) is 15.3 Å². The molecule has 0 unspecified atom stereocenters. The van der Waals surface area contributed by atoms with Crippen LogP contribution in [-0.2, 0) is 12.0 Å². The SMILES string of the molecule is CNCc1cnc(Oc2ccccc2C(C)(C)C)cn1. The molecule has 1 aromatic carbocycles. The van der Waals surface area contributed by atoms with Gasteiger partial charge in [0.15, 0.2) is 0 Å². The number of hydrogen-bond donors (Lipinski definition) is 1. The van der Waals surface area contributed by atoms with Crippen molar-refractivity contribution in [2.45, 2.75) is 32.7 Å². The molecule has 1 N–H and O–H groups in total. The third kappa shape index (κ3) is 3.54. The fraction of sp³-hybridized carbons (Fsp3) is 0.375. The predicted molar refractivity (Wildman–Crippen MR) is 80.0 cm³/mol. The largest absolute Gasteiger partial charge is 0.437 e. The Morgan fingerprint density at radius 1 is 1.10 bits per heavy atom. The molecule has 0 saturated heterocycles. The van der Waals surface area contributed by atoms with E-state index < -0.39 is 0 Å². The molecule has 0 amide bonds. The first-order valence-electron chi connectivity index (χ1n) is 6.73. The van der Waals surface area contributed by atoms with Gasteiger partial charge in [0.1, 0.15) is 5.75 Å². The molecule has 0 fully saturated rings. The van der Waals surface area contributed by atoms with Crippen LogP contribution in [0.5, 0.6) is 11.6 Å². The molecular weight excluding hydrogens is 250 g/mol. The lowest BCUT2D eigenvalue weighted by Crippen LogP contribution is -2.12. The molecule has 106 valence electrons. The van der Waals surface area contributed by atoms with Crippen LogP contribution in [0.1, 0.15) is 32.0 Å². The Kier molecular flexibility index (Phi) is 4.35. The van der Waals surface area contributed by atoms with Crippen molar-refractivity contribution in [3.05, 3.63) is 47.9 Å². The minimum absolute atomic E-state index is 0.0239. The van der Waals surface area contributed by atoms with Crippen molar-refractivity contribution in [2.75, 3.05) is 7.05 Å². The van der Waals surface area contributed by atoms with Crippen molar-refractivity contribution < 1.29 is 4.74 Å². The van der Waals surface area contributed by atoms with E-state index in [9.17, 15) is 0 Å². The van der Waals surface area contributed by atoms with Crippen LogP contribution in [0, 0.1) is 0 Å². The molecule has 0 aliphatic rings. The predicted octanol–water partition coefficient (Wildman–Crippen LogP) is 3.29. The third-order valence-electron chi connectivity index (χ3n) is 2.95. The van der Waals surface area contributed by atoms with Crippen molar-refractivity contribution in [1.29, 1.82) is 0 Å². The van der Waals surface area contributed by atoms with E-state index in [0.717, 1.165) is 17.0 Å². The maximum absolute atomic E-state index is 5.88. The van der Waals surface area contributed by atoms with Crippen LogP contribution in [0.15, 0.2) is 36.7 Å². The fourth-order valence-electron chi connectivity index (χ4n) is 1.96. The molecule has 0 bridgehead atoms. The molecule has 2 aromatic rings. The van der Waals surface area contributed by atoms with Crippen molar-refractivity contribution in [2.24, 2.45) is 0 Å². The maximum atomic E-state index is 5.88. The second kappa shape index (κ2) is 6.01. The van der Waals surface area contributed by atoms with Crippen LogP contribution in [0.3, 0.4) is 0 Å². The number of aromatic nitrogens is 2. The topological polar surface area (TPSA) is 47.0 Å². The van der Waals surface area contributed by atoms with E-state index in [2.05, 4.69) is 42.1 Å². The summed E-state index contributed by atoms with van der Waals surface area (Å²) in [5, 5.41) is 3.04. The highest BCUT2D eigenvalue weighted by Crippen LogP contribution is 2.33. The lowest BCUT2D eigenvalue weighted by molar-refractivity contribution is 0.437. The van der Waals surface area contributed by atoms with E-state index in [0.29, 0.717) is 12.4 Å². The van der Waals surface area contributed by atoms with Crippen LogP contribution >= 0.6 is 0 Å². The van der Waals surface area contributed by atoms with Crippen LogP contribution in [0.2, 0.25) is 0 Å². The minimum atomic E-state index is 0.0239. The number of benzene rings is 1. The Hall–Kier alpha value is -1.94. The van der Waals surface area contributed by atoms with Crippen molar-refractivity contribution in [3.8, 4) is 11.6 Å². The first kappa shape index (κ1) is 14.5. The van der Waals surface area contributed by atoms with E-state index in [4.69, 9.17) is 4.74 Å². The highest BCUT2D eigenvalue weighted by Gasteiger charge is 2.18. The minimum Gasteiger partial charge on any atom is -0.437 e. The monoisotopic (exact) mass is 271 g/mol. The summed E-state index contributed by atoms with van der Waals surface area (Å²) in [5.74, 6) is 1.34. The molecule has 4 heteroatoms. The Balaban J connectivity index is 2.22. The van der Waals surface area contributed by atoms with Gasteiger partial charge in [0.05, 0.1) is 18.1 Å². The maximum Gasteiger partial charge on any atom is 0.237 e. The summed E-state index contributed by atoms with van der Waals surface area (Å²) >= 11 is 0. The number of nitrogens with zero attached hydrogens (tertiary/aromatic N) is 2.